The van der Waals surface area contributed by atoms with E-state index in [9.17, 15) is 0 Å². The third-order valence-corrected chi connectivity index (χ3v) is 2.69. The SMILES string of the molecule is COc1ccc(-c2ccnc(Nc3ncco3)n2)cc1. The summed E-state index contributed by atoms with van der Waals surface area (Å²) >= 11 is 0. The summed E-state index contributed by atoms with van der Waals surface area (Å²) in [6.07, 6.45) is 4.71. The molecule has 0 saturated heterocycles. The van der Waals surface area contributed by atoms with Crippen molar-refractivity contribution in [3.05, 3.63) is 49.0 Å². The molecule has 1 N–H and O–H groups in total. The van der Waals surface area contributed by atoms with Gasteiger partial charge in [0.15, 0.2) is 0 Å². The fourth-order valence-corrected chi connectivity index (χ4v) is 1.72. The molecule has 0 radical (unpaired) electrons. The van der Waals surface area contributed by atoms with Crippen LogP contribution in [-0.4, -0.2) is 22.1 Å². The summed E-state index contributed by atoms with van der Waals surface area (Å²) in [7, 11) is 1.64. The molecule has 0 unspecified atom stereocenters. The fourth-order valence-electron chi connectivity index (χ4n) is 1.72. The lowest BCUT2D eigenvalue weighted by Gasteiger charge is -2.05. The lowest BCUT2D eigenvalue weighted by Crippen LogP contribution is -1.97. The monoisotopic (exact) mass is 268 g/mol. The topological polar surface area (TPSA) is 73.1 Å². The number of methoxy groups -OCH3 is 1. The van der Waals surface area contributed by atoms with Crippen LogP contribution in [0.25, 0.3) is 11.3 Å². The predicted octanol–water partition coefficient (Wildman–Crippen LogP) is 2.88. The van der Waals surface area contributed by atoms with Gasteiger partial charge in [0.05, 0.1) is 19.0 Å². The van der Waals surface area contributed by atoms with E-state index >= 15 is 0 Å². The molecule has 0 saturated carbocycles. The largest absolute Gasteiger partial charge is 0.497 e. The number of hydrogen-bond acceptors (Lipinski definition) is 6. The second kappa shape index (κ2) is 5.40. The summed E-state index contributed by atoms with van der Waals surface area (Å²) in [5.41, 5.74) is 1.78. The number of hydrogen-bond donors (Lipinski definition) is 1. The lowest BCUT2D eigenvalue weighted by molar-refractivity contribution is 0.415. The van der Waals surface area contributed by atoms with Crippen LogP contribution in [-0.2, 0) is 0 Å². The Balaban J connectivity index is 1.86. The Morgan fingerprint density at radius 1 is 1.05 bits per heavy atom. The van der Waals surface area contributed by atoms with E-state index in [1.54, 1.807) is 19.5 Å². The summed E-state index contributed by atoms with van der Waals surface area (Å²) < 4.78 is 10.2. The minimum absolute atomic E-state index is 0.358. The number of ether oxygens (including phenoxy) is 1. The van der Waals surface area contributed by atoms with Gasteiger partial charge in [-0.1, -0.05) is 0 Å². The second-order valence-corrected chi connectivity index (χ2v) is 3.96. The number of anilines is 2. The normalized spacial score (nSPS) is 10.2. The molecule has 6 heteroatoms. The van der Waals surface area contributed by atoms with Gasteiger partial charge < -0.3 is 9.15 Å². The molecule has 20 heavy (non-hydrogen) atoms. The maximum absolute atomic E-state index is 5.13. The van der Waals surface area contributed by atoms with E-state index in [4.69, 9.17) is 9.15 Å². The van der Waals surface area contributed by atoms with Crippen molar-refractivity contribution in [2.75, 3.05) is 12.4 Å². The van der Waals surface area contributed by atoms with Crippen molar-refractivity contribution < 1.29 is 9.15 Å². The summed E-state index contributed by atoms with van der Waals surface area (Å²) in [6.45, 7) is 0. The van der Waals surface area contributed by atoms with Crippen LogP contribution in [0.3, 0.4) is 0 Å². The minimum atomic E-state index is 0.358. The van der Waals surface area contributed by atoms with Gasteiger partial charge in [-0.25, -0.2) is 15.0 Å². The van der Waals surface area contributed by atoms with Gasteiger partial charge in [-0.3, -0.25) is 5.32 Å². The number of aromatic nitrogens is 3. The molecular formula is C14H12N4O2. The first-order valence-corrected chi connectivity index (χ1v) is 5.99. The summed E-state index contributed by atoms with van der Waals surface area (Å²) in [5.74, 6) is 1.24. The maximum atomic E-state index is 5.13. The smallest absolute Gasteiger partial charge is 0.301 e. The average Bonchev–Trinajstić information content (AvgIpc) is 3.01. The molecule has 6 nitrogen and oxygen atoms in total. The maximum Gasteiger partial charge on any atom is 0.301 e. The Kier molecular flexibility index (Phi) is 3.28. The summed E-state index contributed by atoms with van der Waals surface area (Å²) in [4.78, 5) is 12.5. The van der Waals surface area contributed by atoms with Crippen molar-refractivity contribution in [2.45, 2.75) is 0 Å². The number of nitrogens with zero attached hydrogens (tertiary/aromatic N) is 3. The average molecular weight is 268 g/mol. The highest BCUT2D eigenvalue weighted by atomic mass is 16.5. The molecule has 2 aromatic heterocycles. The number of rotatable bonds is 4. The van der Waals surface area contributed by atoms with Crippen molar-refractivity contribution in [3.8, 4) is 17.0 Å². The van der Waals surface area contributed by atoms with E-state index in [1.165, 1.54) is 6.26 Å². The first kappa shape index (κ1) is 12.2. The minimum Gasteiger partial charge on any atom is -0.497 e. The van der Waals surface area contributed by atoms with E-state index in [2.05, 4.69) is 20.3 Å². The molecule has 0 bridgehead atoms. The zero-order chi connectivity index (χ0) is 13.8. The molecule has 3 aromatic rings. The van der Waals surface area contributed by atoms with Crippen molar-refractivity contribution >= 4 is 12.0 Å². The van der Waals surface area contributed by atoms with E-state index in [0.29, 0.717) is 12.0 Å². The molecule has 0 aliphatic carbocycles. The predicted molar refractivity (Wildman–Crippen MR) is 73.8 cm³/mol. The number of benzene rings is 1. The van der Waals surface area contributed by atoms with Gasteiger partial charge in [0.1, 0.15) is 12.0 Å². The van der Waals surface area contributed by atoms with Crippen molar-refractivity contribution in [3.63, 3.8) is 0 Å². The van der Waals surface area contributed by atoms with Crippen LogP contribution < -0.4 is 10.1 Å². The van der Waals surface area contributed by atoms with Gasteiger partial charge in [-0.05, 0) is 30.3 Å². The zero-order valence-electron chi connectivity index (χ0n) is 10.8. The van der Waals surface area contributed by atoms with Gasteiger partial charge in [-0.2, -0.15) is 0 Å². The second-order valence-electron chi connectivity index (χ2n) is 3.96. The Bertz CT molecular complexity index is 681. The van der Waals surface area contributed by atoms with Crippen molar-refractivity contribution in [1.82, 2.24) is 15.0 Å². The zero-order valence-corrected chi connectivity index (χ0v) is 10.8. The molecular weight excluding hydrogens is 256 g/mol. The van der Waals surface area contributed by atoms with Crippen LogP contribution in [0.2, 0.25) is 0 Å². The lowest BCUT2D eigenvalue weighted by atomic mass is 10.1. The molecule has 0 aliphatic rings. The highest BCUT2D eigenvalue weighted by molar-refractivity contribution is 5.61. The third kappa shape index (κ3) is 2.59. The van der Waals surface area contributed by atoms with E-state index < -0.39 is 0 Å². The van der Waals surface area contributed by atoms with Crippen LogP contribution >= 0.6 is 0 Å². The van der Waals surface area contributed by atoms with Crippen LogP contribution in [0.4, 0.5) is 12.0 Å². The van der Waals surface area contributed by atoms with Crippen molar-refractivity contribution in [2.24, 2.45) is 0 Å². The first-order valence-electron chi connectivity index (χ1n) is 5.99. The standard InChI is InChI=1S/C14H12N4O2/c1-19-11-4-2-10(3-5-11)12-6-7-15-13(17-12)18-14-16-8-9-20-14/h2-9H,1H3,(H,15,16,17,18). The van der Waals surface area contributed by atoms with Gasteiger partial charge in [0.25, 0.3) is 0 Å². The Morgan fingerprint density at radius 2 is 1.90 bits per heavy atom. The number of oxazole rings is 1. The van der Waals surface area contributed by atoms with E-state index in [-0.39, 0.29) is 0 Å². The van der Waals surface area contributed by atoms with Gasteiger partial charge in [0.2, 0.25) is 5.95 Å². The van der Waals surface area contributed by atoms with E-state index in [1.807, 2.05) is 30.3 Å². The molecule has 0 atom stereocenters. The van der Waals surface area contributed by atoms with Crippen molar-refractivity contribution in [1.29, 1.82) is 0 Å². The van der Waals surface area contributed by atoms with Crippen LogP contribution in [0, 0.1) is 0 Å². The quantitative estimate of drug-likeness (QED) is 0.784. The van der Waals surface area contributed by atoms with Crippen LogP contribution in [0.15, 0.2) is 53.4 Å². The highest BCUT2D eigenvalue weighted by Gasteiger charge is 2.04. The molecule has 0 fully saturated rings. The Morgan fingerprint density at radius 3 is 2.60 bits per heavy atom. The third-order valence-electron chi connectivity index (χ3n) is 2.69. The molecule has 0 amide bonds. The van der Waals surface area contributed by atoms with Crippen LogP contribution in [0.1, 0.15) is 0 Å². The first-order chi connectivity index (χ1) is 9.85. The Labute approximate surface area is 115 Å². The highest BCUT2D eigenvalue weighted by Crippen LogP contribution is 2.21. The summed E-state index contributed by atoms with van der Waals surface area (Å²) in [6, 6.07) is 9.85. The summed E-state index contributed by atoms with van der Waals surface area (Å²) in [5, 5.41) is 2.89. The molecule has 3 rings (SSSR count). The van der Waals surface area contributed by atoms with Gasteiger partial charge >= 0.3 is 6.01 Å². The molecule has 0 spiro atoms. The molecule has 1 aromatic carbocycles. The van der Waals surface area contributed by atoms with Gasteiger partial charge in [0, 0.05) is 11.8 Å². The fraction of sp³-hybridized carbons (Fsp3) is 0.0714. The molecule has 0 aliphatic heterocycles. The molecule has 100 valence electrons. The number of nitrogens with one attached hydrogen (secondary N) is 1. The molecule has 2 heterocycles. The van der Waals surface area contributed by atoms with Gasteiger partial charge in [-0.15, -0.1) is 0 Å². The van der Waals surface area contributed by atoms with E-state index in [0.717, 1.165) is 17.0 Å². The Hall–Kier alpha value is -2.89. The van der Waals surface area contributed by atoms with Crippen LogP contribution in [0.5, 0.6) is 5.75 Å².